The van der Waals surface area contributed by atoms with Gasteiger partial charge in [0.25, 0.3) is 0 Å². The van der Waals surface area contributed by atoms with E-state index in [1.165, 1.54) is 24.8 Å². The van der Waals surface area contributed by atoms with Crippen LogP contribution in [0.25, 0.3) is 11.0 Å². The van der Waals surface area contributed by atoms with E-state index in [2.05, 4.69) is 52.5 Å². The van der Waals surface area contributed by atoms with Crippen LogP contribution in [0.3, 0.4) is 0 Å². The van der Waals surface area contributed by atoms with Gasteiger partial charge in [0.1, 0.15) is 5.82 Å². The van der Waals surface area contributed by atoms with Crippen molar-refractivity contribution in [3.05, 3.63) is 28.5 Å². The third-order valence-corrected chi connectivity index (χ3v) is 5.09. The van der Waals surface area contributed by atoms with Gasteiger partial charge in [-0.05, 0) is 44.9 Å². The van der Waals surface area contributed by atoms with Crippen LogP contribution in [0.1, 0.15) is 57.8 Å². The zero-order valence-electron chi connectivity index (χ0n) is 12.9. The van der Waals surface area contributed by atoms with Crippen LogP contribution in [-0.4, -0.2) is 15.1 Å². The highest BCUT2D eigenvalue weighted by Crippen LogP contribution is 2.31. The third-order valence-electron chi connectivity index (χ3n) is 4.60. The maximum atomic E-state index is 6.65. The Labute approximate surface area is 135 Å². The van der Waals surface area contributed by atoms with Crippen LogP contribution in [0.5, 0.6) is 0 Å². The van der Waals surface area contributed by atoms with Gasteiger partial charge in [-0.3, -0.25) is 0 Å². The van der Waals surface area contributed by atoms with Crippen molar-refractivity contribution in [3.8, 4) is 0 Å². The fraction of sp³-hybridized carbons (Fsp3) is 0.588. The minimum absolute atomic E-state index is 0.0660. The van der Waals surface area contributed by atoms with Crippen molar-refractivity contribution in [3.63, 3.8) is 0 Å². The van der Waals surface area contributed by atoms with Crippen molar-refractivity contribution in [1.29, 1.82) is 0 Å². The topological polar surface area (TPSA) is 43.8 Å². The van der Waals surface area contributed by atoms with Gasteiger partial charge in [-0.15, -0.1) is 0 Å². The molecule has 0 amide bonds. The third kappa shape index (κ3) is 3.02. The standard InChI is InChI=1S/C17H24BrN3/c1-12(2)21-15-7-6-13(18)10-14(15)20-16(21)11-17(19)8-4-3-5-9-17/h6-7,10,12H,3-5,8-9,11,19H2,1-2H3. The molecule has 2 N–H and O–H groups in total. The van der Waals surface area contributed by atoms with Gasteiger partial charge in [0.05, 0.1) is 11.0 Å². The normalized spacial score (nSPS) is 18.5. The Hall–Kier alpha value is -0.870. The molecule has 3 rings (SSSR count). The number of imidazole rings is 1. The molecule has 0 bridgehead atoms. The van der Waals surface area contributed by atoms with Crippen LogP contribution in [0.2, 0.25) is 0 Å². The van der Waals surface area contributed by atoms with Crippen LogP contribution in [0.15, 0.2) is 22.7 Å². The first-order valence-electron chi connectivity index (χ1n) is 7.94. The van der Waals surface area contributed by atoms with E-state index in [9.17, 15) is 0 Å². The van der Waals surface area contributed by atoms with Gasteiger partial charge in [0.15, 0.2) is 0 Å². The molecule has 2 aromatic rings. The average Bonchev–Trinajstić information content (AvgIpc) is 2.75. The summed E-state index contributed by atoms with van der Waals surface area (Å²) in [5, 5.41) is 0. The molecule has 1 aliphatic carbocycles. The fourth-order valence-corrected chi connectivity index (χ4v) is 3.92. The Balaban J connectivity index is 2.02. The lowest BCUT2D eigenvalue weighted by Crippen LogP contribution is -2.44. The quantitative estimate of drug-likeness (QED) is 0.880. The number of aromatic nitrogens is 2. The highest BCUT2D eigenvalue weighted by atomic mass is 79.9. The van der Waals surface area contributed by atoms with E-state index in [4.69, 9.17) is 10.7 Å². The second-order valence-corrected chi connectivity index (χ2v) is 7.64. The Kier molecular flexibility index (Phi) is 4.10. The number of hydrogen-bond donors (Lipinski definition) is 1. The number of fused-ring (bicyclic) bond motifs is 1. The SMILES string of the molecule is CC(C)n1c(CC2(N)CCCCC2)nc2cc(Br)ccc21. The molecular formula is C17H24BrN3. The van der Waals surface area contributed by atoms with E-state index >= 15 is 0 Å². The van der Waals surface area contributed by atoms with Gasteiger partial charge in [0, 0.05) is 22.5 Å². The predicted octanol–water partition coefficient (Wildman–Crippen LogP) is 4.58. The molecule has 1 fully saturated rings. The molecule has 1 saturated carbocycles. The number of rotatable bonds is 3. The number of hydrogen-bond acceptors (Lipinski definition) is 2. The first-order chi connectivity index (χ1) is 9.98. The van der Waals surface area contributed by atoms with E-state index in [1.54, 1.807) is 0 Å². The molecule has 21 heavy (non-hydrogen) atoms. The van der Waals surface area contributed by atoms with E-state index in [1.807, 2.05) is 0 Å². The van der Waals surface area contributed by atoms with Crippen molar-refractivity contribution in [2.75, 3.05) is 0 Å². The molecule has 1 aromatic carbocycles. The molecule has 114 valence electrons. The summed E-state index contributed by atoms with van der Waals surface area (Å²) in [5.74, 6) is 1.14. The summed E-state index contributed by atoms with van der Waals surface area (Å²) in [6.45, 7) is 4.44. The summed E-state index contributed by atoms with van der Waals surface area (Å²) in [4.78, 5) is 4.89. The second kappa shape index (κ2) is 5.73. The summed E-state index contributed by atoms with van der Waals surface area (Å²) in [7, 11) is 0. The number of nitrogens with zero attached hydrogens (tertiary/aromatic N) is 2. The molecular weight excluding hydrogens is 326 g/mol. The summed E-state index contributed by atoms with van der Waals surface area (Å²) >= 11 is 3.54. The van der Waals surface area contributed by atoms with Crippen LogP contribution in [-0.2, 0) is 6.42 Å². The molecule has 1 heterocycles. The van der Waals surface area contributed by atoms with Gasteiger partial charge in [0.2, 0.25) is 0 Å². The van der Waals surface area contributed by atoms with Crippen molar-refractivity contribution in [2.45, 2.75) is 64.0 Å². The first-order valence-corrected chi connectivity index (χ1v) is 8.73. The van der Waals surface area contributed by atoms with E-state index in [0.29, 0.717) is 6.04 Å². The lowest BCUT2D eigenvalue weighted by atomic mass is 9.80. The van der Waals surface area contributed by atoms with Gasteiger partial charge in [-0.2, -0.15) is 0 Å². The van der Waals surface area contributed by atoms with E-state index in [-0.39, 0.29) is 5.54 Å². The minimum Gasteiger partial charge on any atom is -0.325 e. The molecule has 1 aliphatic rings. The van der Waals surface area contributed by atoms with Gasteiger partial charge < -0.3 is 10.3 Å². The molecule has 4 heteroatoms. The molecule has 1 aromatic heterocycles. The van der Waals surface area contributed by atoms with E-state index < -0.39 is 0 Å². The average molecular weight is 350 g/mol. The molecule has 0 spiro atoms. The Morgan fingerprint density at radius 1 is 1.29 bits per heavy atom. The molecule has 3 nitrogen and oxygen atoms in total. The zero-order valence-corrected chi connectivity index (χ0v) is 14.5. The molecule has 0 aliphatic heterocycles. The van der Waals surface area contributed by atoms with Crippen molar-refractivity contribution >= 4 is 27.0 Å². The second-order valence-electron chi connectivity index (χ2n) is 6.72. The molecule has 0 saturated heterocycles. The van der Waals surface area contributed by atoms with Crippen LogP contribution < -0.4 is 5.73 Å². The lowest BCUT2D eigenvalue weighted by molar-refractivity contribution is 0.286. The van der Waals surface area contributed by atoms with Crippen LogP contribution in [0.4, 0.5) is 0 Å². The Bertz CT molecular complexity index is 639. The monoisotopic (exact) mass is 349 g/mol. The highest BCUT2D eigenvalue weighted by molar-refractivity contribution is 9.10. The van der Waals surface area contributed by atoms with Gasteiger partial charge in [-0.25, -0.2) is 4.98 Å². The van der Waals surface area contributed by atoms with Crippen molar-refractivity contribution in [1.82, 2.24) is 9.55 Å². The Morgan fingerprint density at radius 2 is 2.00 bits per heavy atom. The number of nitrogens with two attached hydrogens (primary N) is 1. The van der Waals surface area contributed by atoms with Crippen molar-refractivity contribution in [2.24, 2.45) is 5.73 Å². The van der Waals surface area contributed by atoms with Gasteiger partial charge >= 0.3 is 0 Å². The fourth-order valence-electron chi connectivity index (χ4n) is 3.57. The first kappa shape index (κ1) is 15.0. The maximum absolute atomic E-state index is 6.65. The lowest BCUT2D eigenvalue weighted by Gasteiger charge is -2.33. The number of benzene rings is 1. The molecule has 0 unspecified atom stereocenters. The van der Waals surface area contributed by atoms with Gasteiger partial charge in [-0.1, -0.05) is 35.2 Å². The molecule has 0 radical (unpaired) electrons. The van der Waals surface area contributed by atoms with Crippen molar-refractivity contribution < 1.29 is 0 Å². The summed E-state index contributed by atoms with van der Waals surface area (Å²) < 4.78 is 3.43. The summed E-state index contributed by atoms with van der Waals surface area (Å²) in [6, 6.07) is 6.74. The largest absolute Gasteiger partial charge is 0.325 e. The van der Waals surface area contributed by atoms with E-state index in [0.717, 1.165) is 35.1 Å². The Morgan fingerprint density at radius 3 is 2.67 bits per heavy atom. The summed E-state index contributed by atoms with van der Waals surface area (Å²) in [5.41, 5.74) is 8.86. The summed E-state index contributed by atoms with van der Waals surface area (Å²) in [6.07, 6.45) is 6.97. The predicted molar refractivity (Wildman–Crippen MR) is 91.5 cm³/mol. The number of halogens is 1. The molecule has 0 atom stereocenters. The smallest absolute Gasteiger partial charge is 0.111 e. The maximum Gasteiger partial charge on any atom is 0.111 e. The van der Waals surface area contributed by atoms with Crippen LogP contribution >= 0.6 is 15.9 Å². The zero-order chi connectivity index (χ0) is 15.0. The van der Waals surface area contributed by atoms with Crippen LogP contribution in [0, 0.1) is 0 Å². The minimum atomic E-state index is -0.0660. The highest BCUT2D eigenvalue weighted by Gasteiger charge is 2.30.